The smallest absolute Gasteiger partial charge is 0.146 e. The third-order valence-corrected chi connectivity index (χ3v) is 12.3. The Labute approximate surface area is 215 Å². The molecule has 2 atom stereocenters. The van der Waals surface area contributed by atoms with Crippen molar-refractivity contribution in [2.24, 2.45) is 0 Å². The van der Waals surface area contributed by atoms with Crippen LogP contribution in [0.2, 0.25) is 0 Å². The fourth-order valence-electron chi connectivity index (χ4n) is 2.26. The standard InChI is InChI=1S/C16H34S2.C6H12N2S4/c1-5-9-11-13-15(7-3)17-18-16(8-4)14-12-10-6-2;1-7(2)5(9)11-12-6(10)8(3)4/h15-16H,5-14H2,1-4H3;1-4H3. The molecule has 0 saturated heterocycles. The molecule has 0 aromatic heterocycles. The summed E-state index contributed by atoms with van der Waals surface area (Å²) in [6.45, 7) is 9.29. The van der Waals surface area contributed by atoms with Gasteiger partial charge in [0, 0.05) is 38.7 Å². The zero-order valence-corrected chi connectivity index (χ0v) is 25.5. The Morgan fingerprint density at radius 2 is 0.967 bits per heavy atom. The molecule has 0 aliphatic heterocycles. The Morgan fingerprint density at radius 1 is 0.633 bits per heavy atom. The molecule has 0 radical (unpaired) electrons. The van der Waals surface area contributed by atoms with Crippen LogP contribution in [0.5, 0.6) is 0 Å². The maximum atomic E-state index is 5.07. The molecule has 2 nitrogen and oxygen atoms in total. The SMILES string of the molecule is CCCCCC(CC)SSC(CC)CCCCC.CN(C)C(=S)SSC(=S)N(C)C. The van der Waals surface area contributed by atoms with Crippen LogP contribution in [0, 0.1) is 0 Å². The van der Waals surface area contributed by atoms with Crippen LogP contribution in [0.3, 0.4) is 0 Å². The first-order chi connectivity index (χ1) is 14.2. The fraction of sp³-hybridized carbons (Fsp3) is 0.909. The number of nitrogens with zero attached hydrogens (tertiary/aromatic N) is 2. The lowest BCUT2D eigenvalue weighted by Gasteiger charge is -2.18. The van der Waals surface area contributed by atoms with Crippen LogP contribution in [0.1, 0.15) is 91.9 Å². The topological polar surface area (TPSA) is 6.48 Å². The van der Waals surface area contributed by atoms with E-state index in [4.69, 9.17) is 24.4 Å². The van der Waals surface area contributed by atoms with Gasteiger partial charge in [0.1, 0.15) is 8.64 Å². The lowest BCUT2D eigenvalue weighted by Crippen LogP contribution is -2.18. The molecule has 0 aliphatic carbocycles. The largest absolute Gasteiger partial charge is 0.363 e. The zero-order valence-electron chi connectivity index (χ0n) is 20.6. The Hall–Kier alpha value is 1.18. The van der Waals surface area contributed by atoms with Crippen LogP contribution in [-0.2, 0) is 0 Å². The van der Waals surface area contributed by atoms with Crippen LogP contribution in [0.25, 0.3) is 0 Å². The van der Waals surface area contributed by atoms with Crippen molar-refractivity contribution >= 4 is 76.3 Å². The molecule has 0 amide bonds. The summed E-state index contributed by atoms with van der Waals surface area (Å²) in [5.74, 6) is 0. The molecule has 0 spiro atoms. The van der Waals surface area contributed by atoms with Gasteiger partial charge in [0.2, 0.25) is 0 Å². The van der Waals surface area contributed by atoms with Crippen LogP contribution >= 0.6 is 67.6 Å². The number of hydrogen-bond donors (Lipinski definition) is 0. The second-order valence-corrected chi connectivity index (χ2v) is 14.0. The quantitative estimate of drug-likeness (QED) is 0.130. The third kappa shape index (κ3) is 21.0. The van der Waals surface area contributed by atoms with E-state index in [0.29, 0.717) is 0 Å². The van der Waals surface area contributed by atoms with E-state index in [1.165, 1.54) is 85.8 Å². The van der Waals surface area contributed by atoms with Gasteiger partial charge in [0.25, 0.3) is 0 Å². The number of thiocarbonyl (C=S) groups is 2. The normalized spacial score (nSPS) is 12.5. The predicted octanol–water partition coefficient (Wildman–Crippen LogP) is 9.15. The molecule has 0 N–H and O–H groups in total. The van der Waals surface area contributed by atoms with Gasteiger partial charge < -0.3 is 9.80 Å². The molecule has 0 aromatic rings. The van der Waals surface area contributed by atoms with Crippen molar-refractivity contribution in [2.75, 3.05) is 28.2 Å². The number of unbranched alkanes of at least 4 members (excludes halogenated alkanes) is 4. The summed E-state index contributed by atoms with van der Waals surface area (Å²) in [6.07, 6.45) is 13.9. The highest BCUT2D eigenvalue weighted by molar-refractivity contribution is 8.89. The van der Waals surface area contributed by atoms with Gasteiger partial charge in [-0.05, 0) is 47.3 Å². The van der Waals surface area contributed by atoms with Gasteiger partial charge >= 0.3 is 0 Å². The molecule has 0 heterocycles. The lowest BCUT2D eigenvalue weighted by atomic mass is 10.1. The van der Waals surface area contributed by atoms with E-state index < -0.39 is 0 Å². The number of hydrogen-bond acceptors (Lipinski definition) is 6. The zero-order chi connectivity index (χ0) is 23.4. The van der Waals surface area contributed by atoms with E-state index >= 15 is 0 Å². The molecule has 0 aromatic carbocycles. The van der Waals surface area contributed by atoms with Gasteiger partial charge in [-0.3, -0.25) is 0 Å². The monoisotopic (exact) mass is 530 g/mol. The average molecular weight is 531 g/mol. The summed E-state index contributed by atoms with van der Waals surface area (Å²) in [5, 5.41) is 1.78. The van der Waals surface area contributed by atoms with Crippen LogP contribution in [-0.4, -0.2) is 57.1 Å². The highest BCUT2D eigenvalue weighted by Gasteiger charge is 2.12. The first-order valence-corrected chi connectivity index (χ1v) is 16.6. The maximum Gasteiger partial charge on any atom is 0.146 e. The summed E-state index contributed by atoms with van der Waals surface area (Å²) in [6, 6.07) is 0. The Bertz CT molecular complexity index is 380. The molecular formula is C22H46N2S6. The molecule has 180 valence electrons. The Balaban J connectivity index is 0. The van der Waals surface area contributed by atoms with Crippen molar-refractivity contribution < 1.29 is 0 Å². The maximum absolute atomic E-state index is 5.07. The van der Waals surface area contributed by atoms with Crippen molar-refractivity contribution in [1.29, 1.82) is 0 Å². The summed E-state index contributed by atoms with van der Waals surface area (Å²) in [4.78, 5) is 3.79. The minimum absolute atomic E-state index is 0.837. The predicted molar refractivity (Wildman–Crippen MR) is 159 cm³/mol. The van der Waals surface area contributed by atoms with E-state index in [-0.39, 0.29) is 0 Å². The molecule has 2 unspecified atom stereocenters. The van der Waals surface area contributed by atoms with Crippen molar-refractivity contribution in [1.82, 2.24) is 9.80 Å². The minimum Gasteiger partial charge on any atom is -0.363 e. The number of rotatable bonds is 13. The van der Waals surface area contributed by atoms with E-state index in [0.717, 1.165) is 19.1 Å². The second-order valence-electron chi connectivity index (χ2n) is 7.73. The molecule has 0 aliphatic rings. The summed E-state index contributed by atoms with van der Waals surface area (Å²) in [5.41, 5.74) is 0. The van der Waals surface area contributed by atoms with Gasteiger partial charge in [0.05, 0.1) is 0 Å². The second kappa shape index (κ2) is 23.3. The van der Waals surface area contributed by atoms with Crippen molar-refractivity contribution in [3.05, 3.63) is 0 Å². The molecule has 8 heteroatoms. The van der Waals surface area contributed by atoms with Crippen molar-refractivity contribution in [3.63, 3.8) is 0 Å². The summed E-state index contributed by atoms with van der Waals surface area (Å²) < 4.78 is 1.67. The van der Waals surface area contributed by atoms with Crippen molar-refractivity contribution in [3.8, 4) is 0 Å². The van der Waals surface area contributed by atoms with Gasteiger partial charge in [-0.15, -0.1) is 0 Å². The van der Waals surface area contributed by atoms with Gasteiger partial charge in [-0.1, -0.05) is 112 Å². The molecule has 0 saturated carbocycles. The van der Waals surface area contributed by atoms with E-state index in [1.54, 1.807) is 0 Å². The summed E-state index contributed by atoms with van der Waals surface area (Å²) in [7, 11) is 15.1. The molecule has 30 heavy (non-hydrogen) atoms. The lowest BCUT2D eigenvalue weighted by molar-refractivity contribution is 0.634. The van der Waals surface area contributed by atoms with E-state index in [2.05, 4.69) is 49.3 Å². The average Bonchev–Trinajstić information content (AvgIpc) is 2.72. The van der Waals surface area contributed by atoms with Gasteiger partial charge in [-0.2, -0.15) is 0 Å². The molecule has 0 fully saturated rings. The van der Waals surface area contributed by atoms with Crippen LogP contribution < -0.4 is 0 Å². The first kappa shape index (κ1) is 33.4. The van der Waals surface area contributed by atoms with Gasteiger partial charge in [0.15, 0.2) is 0 Å². The van der Waals surface area contributed by atoms with E-state index in [9.17, 15) is 0 Å². The third-order valence-electron chi connectivity index (χ3n) is 4.41. The molecule has 0 bridgehead atoms. The minimum atomic E-state index is 0.837. The highest BCUT2D eigenvalue weighted by atomic mass is 33.1. The highest BCUT2D eigenvalue weighted by Crippen LogP contribution is 2.38. The van der Waals surface area contributed by atoms with Gasteiger partial charge in [-0.25, -0.2) is 0 Å². The van der Waals surface area contributed by atoms with E-state index in [1.807, 2.05) is 38.0 Å². The Kier molecular flexibility index (Phi) is 26.0. The first-order valence-electron chi connectivity index (χ1n) is 11.3. The van der Waals surface area contributed by atoms with Crippen LogP contribution in [0.4, 0.5) is 0 Å². The molecule has 0 rings (SSSR count). The molecular weight excluding hydrogens is 485 g/mol. The van der Waals surface area contributed by atoms with Crippen molar-refractivity contribution in [2.45, 2.75) is 102 Å². The van der Waals surface area contributed by atoms with Crippen LogP contribution in [0.15, 0.2) is 0 Å². The Morgan fingerprint density at radius 3 is 1.20 bits per heavy atom. The summed E-state index contributed by atoms with van der Waals surface area (Å²) >= 11 is 10.1. The fourth-order valence-corrected chi connectivity index (χ4v) is 8.09.